The number of ether oxygens (including phenoxy) is 1. The molecule has 0 bridgehead atoms. The van der Waals surface area contributed by atoms with Crippen molar-refractivity contribution in [2.75, 3.05) is 7.11 Å². The van der Waals surface area contributed by atoms with Crippen molar-refractivity contribution in [2.24, 2.45) is 0 Å². The largest absolute Gasteiger partial charge is 0.496 e. The van der Waals surface area contributed by atoms with Crippen molar-refractivity contribution < 1.29 is 19.6 Å². The van der Waals surface area contributed by atoms with E-state index in [0.29, 0.717) is 0 Å². The third-order valence-electron chi connectivity index (χ3n) is 4.87. The summed E-state index contributed by atoms with van der Waals surface area (Å²) in [4.78, 5) is 24.3. The predicted octanol–water partition coefficient (Wildman–Crippen LogP) is 2.63. The number of amides is 3. The van der Waals surface area contributed by atoms with E-state index in [1.165, 1.54) is 6.42 Å². The monoisotopic (exact) mass is 426 g/mol. The van der Waals surface area contributed by atoms with E-state index in [2.05, 4.69) is 26.6 Å². The molecule has 0 aromatic heterocycles. The molecule has 1 aromatic carbocycles. The van der Waals surface area contributed by atoms with Crippen molar-refractivity contribution in [3.05, 3.63) is 28.2 Å². The van der Waals surface area contributed by atoms with E-state index in [-0.39, 0.29) is 30.1 Å². The molecule has 0 heterocycles. The van der Waals surface area contributed by atoms with Crippen LogP contribution in [0, 0.1) is 0 Å². The lowest BCUT2D eigenvalue weighted by Gasteiger charge is -2.23. The summed E-state index contributed by atoms with van der Waals surface area (Å²) < 4.78 is 6.12. The van der Waals surface area contributed by atoms with Gasteiger partial charge in [0.05, 0.1) is 11.6 Å². The first-order chi connectivity index (χ1) is 12.4. The highest BCUT2D eigenvalue weighted by Crippen LogP contribution is 2.27. The summed E-state index contributed by atoms with van der Waals surface area (Å²) in [6.45, 7) is 3.83. The van der Waals surface area contributed by atoms with Crippen LogP contribution in [0.3, 0.4) is 0 Å². The van der Waals surface area contributed by atoms with Crippen molar-refractivity contribution in [2.45, 2.75) is 64.1 Å². The van der Waals surface area contributed by atoms with Gasteiger partial charge in [0.2, 0.25) is 0 Å². The molecule has 1 saturated carbocycles. The number of nitrogens with two attached hydrogens (primary N) is 1. The Labute approximate surface area is 163 Å². The van der Waals surface area contributed by atoms with Crippen LogP contribution in [0.15, 0.2) is 22.7 Å². The van der Waals surface area contributed by atoms with E-state index in [4.69, 9.17) is 4.74 Å². The van der Waals surface area contributed by atoms with E-state index < -0.39 is 0 Å². The van der Waals surface area contributed by atoms with Gasteiger partial charge in [-0.1, -0.05) is 19.3 Å². The predicted molar refractivity (Wildman–Crippen MR) is 104 cm³/mol. The van der Waals surface area contributed by atoms with Crippen LogP contribution in [0.5, 0.6) is 5.75 Å². The summed E-state index contributed by atoms with van der Waals surface area (Å²) in [6, 6.07) is 5.35. The molecule has 0 unspecified atom stereocenters. The molecule has 1 aliphatic carbocycles. The Morgan fingerprint density at radius 1 is 1.23 bits per heavy atom. The average Bonchev–Trinajstić information content (AvgIpc) is 2.62. The van der Waals surface area contributed by atoms with Gasteiger partial charge in [0.25, 0.3) is 5.91 Å². The minimum atomic E-state index is -0.387. The average molecular weight is 427 g/mol. The number of benzene rings is 1. The summed E-state index contributed by atoms with van der Waals surface area (Å²) in [5.41, 5.74) is 1.07. The molecule has 144 valence electrons. The highest BCUT2D eigenvalue weighted by molar-refractivity contribution is 9.10. The maximum atomic E-state index is 12.3. The number of carbonyl (C=O) groups is 2. The fourth-order valence-electron chi connectivity index (χ4n) is 3.29. The number of carbonyl (C=O) groups excluding carboxylic acids is 2. The van der Waals surface area contributed by atoms with E-state index >= 15 is 0 Å². The Morgan fingerprint density at radius 2 is 1.92 bits per heavy atom. The van der Waals surface area contributed by atoms with Crippen LogP contribution in [0.2, 0.25) is 0 Å². The highest BCUT2D eigenvalue weighted by Gasteiger charge is 2.24. The molecule has 1 aromatic rings. The number of imide groups is 1. The lowest BCUT2D eigenvalue weighted by molar-refractivity contribution is -0.710. The number of quaternary nitrogens is 1. The number of hydrogen-bond acceptors (Lipinski definition) is 3. The third-order valence-corrected chi connectivity index (χ3v) is 5.49. The molecular formula is C19H29BrN3O3+. The fourth-order valence-corrected chi connectivity index (χ4v) is 3.85. The molecule has 3 amide bonds. The second-order valence-electron chi connectivity index (χ2n) is 6.96. The van der Waals surface area contributed by atoms with E-state index in [9.17, 15) is 9.59 Å². The van der Waals surface area contributed by atoms with Crippen LogP contribution in [-0.4, -0.2) is 31.1 Å². The molecule has 6 nitrogen and oxygen atoms in total. The minimum absolute atomic E-state index is 0.0689. The molecule has 1 aliphatic rings. The second kappa shape index (κ2) is 9.92. The van der Waals surface area contributed by atoms with Gasteiger partial charge in [-0.3, -0.25) is 10.1 Å². The topological polar surface area (TPSA) is 84.0 Å². The summed E-state index contributed by atoms with van der Waals surface area (Å²) >= 11 is 3.48. The van der Waals surface area contributed by atoms with E-state index in [1.54, 1.807) is 14.0 Å². The second-order valence-corrected chi connectivity index (χ2v) is 7.82. The van der Waals surface area contributed by atoms with Gasteiger partial charge in [0.15, 0.2) is 6.04 Å². The van der Waals surface area contributed by atoms with E-state index in [0.717, 1.165) is 41.5 Å². The quantitative estimate of drug-likeness (QED) is 0.653. The molecule has 4 N–H and O–H groups in total. The van der Waals surface area contributed by atoms with Gasteiger partial charge in [0, 0.05) is 11.6 Å². The summed E-state index contributed by atoms with van der Waals surface area (Å²) in [5, 5.41) is 7.31. The lowest BCUT2D eigenvalue weighted by atomic mass is 9.96. The first kappa shape index (κ1) is 20.7. The number of hydrogen-bond donors (Lipinski definition) is 3. The zero-order valence-corrected chi connectivity index (χ0v) is 17.3. The molecule has 0 radical (unpaired) electrons. The Hall–Kier alpha value is -1.60. The van der Waals surface area contributed by atoms with Crippen molar-refractivity contribution in [3.8, 4) is 5.75 Å². The van der Waals surface area contributed by atoms with Gasteiger partial charge >= 0.3 is 6.03 Å². The van der Waals surface area contributed by atoms with Crippen LogP contribution in [0.1, 0.15) is 57.6 Å². The Bertz CT molecular complexity index is 632. The van der Waals surface area contributed by atoms with Crippen molar-refractivity contribution in [1.29, 1.82) is 0 Å². The van der Waals surface area contributed by atoms with Crippen LogP contribution in [0.4, 0.5) is 4.79 Å². The first-order valence-electron chi connectivity index (χ1n) is 9.20. The normalized spacial score (nSPS) is 17.2. The van der Waals surface area contributed by atoms with Gasteiger partial charge in [0.1, 0.15) is 11.8 Å². The SMILES string of the molecule is COc1ccc([C@@H](C)[NH2+][C@@H](C)C(=O)NC(=O)NC2CCCCC2)cc1Br. The smallest absolute Gasteiger partial charge is 0.321 e. The summed E-state index contributed by atoms with van der Waals surface area (Å²) in [6.07, 6.45) is 5.49. The van der Waals surface area contributed by atoms with Crippen LogP contribution in [0.25, 0.3) is 0 Å². The molecule has 26 heavy (non-hydrogen) atoms. The van der Waals surface area contributed by atoms with Crippen molar-refractivity contribution in [1.82, 2.24) is 10.6 Å². The maximum Gasteiger partial charge on any atom is 0.321 e. The number of nitrogens with one attached hydrogen (secondary N) is 2. The Kier molecular flexibility index (Phi) is 7.90. The Balaban J connectivity index is 1.83. The van der Waals surface area contributed by atoms with Crippen molar-refractivity contribution in [3.63, 3.8) is 0 Å². The van der Waals surface area contributed by atoms with Gasteiger partial charge < -0.3 is 15.4 Å². The van der Waals surface area contributed by atoms with Crippen LogP contribution < -0.4 is 20.7 Å². The fraction of sp³-hybridized carbons (Fsp3) is 0.579. The molecule has 7 heteroatoms. The van der Waals surface area contributed by atoms with Gasteiger partial charge in [-0.15, -0.1) is 0 Å². The van der Waals surface area contributed by atoms with Crippen LogP contribution in [-0.2, 0) is 4.79 Å². The number of rotatable bonds is 6. The van der Waals surface area contributed by atoms with E-state index in [1.807, 2.05) is 30.4 Å². The number of urea groups is 1. The van der Waals surface area contributed by atoms with Gasteiger partial charge in [-0.2, -0.15) is 0 Å². The standard InChI is InChI=1S/C19H28BrN3O3/c1-12(14-9-10-17(26-3)16(20)11-14)21-13(2)18(24)23-19(25)22-15-7-5-4-6-8-15/h9-13,15,21H,4-8H2,1-3H3,(H2,22,23,24,25)/p+1/t12-,13+/m1/s1. The van der Waals surface area contributed by atoms with Crippen LogP contribution >= 0.6 is 15.9 Å². The molecule has 2 atom stereocenters. The minimum Gasteiger partial charge on any atom is -0.496 e. The molecule has 1 fully saturated rings. The molecular weight excluding hydrogens is 398 g/mol. The maximum absolute atomic E-state index is 12.3. The highest BCUT2D eigenvalue weighted by atomic mass is 79.9. The van der Waals surface area contributed by atoms with Crippen molar-refractivity contribution >= 4 is 27.9 Å². The zero-order chi connectivity index (χ0) is 19.1. The molecule has 2 rings (SSSR count). The Morgan fingerprint density at radius 3 is 2.54 bits per heavy atom. The number of halogens is 1. The zero-order valence-electron chi connectivity index (χ0n) is 15.7. The molecule has 0 aliphatic heterocycles. The molecule has 0 saturated heterocycles. The third kappa shape index (κ3) is 5.99. The van der Waals surface area contributed by atoms with Gasteiger partial charge in [-0.05, 0) is 60.8 Å². The molecule has 0 spiro atoms. The summed E-state index contributed by atoms with van der Waals surface area (Å²) in [5.74, 6) is 0.490. The first-order valence-corrected chi connectivity index (χ1v) is 9.99. The summed E-state index contributed by atoms with van der Waals surface area (Å²) in [7, 11) is 1.63. The van der Waals surface area contributed by atoms with Gasteiger partial charge in [-0.25, -0.2) is 4.79 Å². The lowest BCUT2D eigenvalue weighted by Crippen LogP contribution is -2.92. The number of methoxy groups -OCH3 is 1.